The van der Waals surface area contributed by atoms with Gasteiger partial charge in [0.05, 0.1) is 15.5 Å². The molecule has 104 valence electrons. The van der Waals surface area contributed by atoms with Crippen LogP contribution in [0, 0.1) is 21.8 Å². The molecule has 0 bridgehead atoms. The number of hydrogen-bond donors (Lipinski definition) is 1. The molecule has 0 atom stereocenters. The van der Waals surface area contributed by atoms with Crippen LogP contribution in [0.4, 0.5) is 10.1 Å². The van der Waals surface area contributed by atoms with Crippen LogP contribution >= 0.6 is 15.9 Å². The van der Waals surface area contributed by atoms with Gasteiger partial charge in [0.1, 0.15) is 5.82 Å². The van der Waals surface area contributed by atoms with Crippen molar-refractivity contribution in [3.63, 3.8) is 0 Å². The van der Waals surface area contributed by atoms with Gasteiger partial charge in [-0.3, -0.25) is 10.1 Å². The van der Waals surface area contributed by atoms with Crippen molar-refractivity contribution >= 4 is 21.6 Å². The summed E-state index contributed by atoms with van der Waals surface area (Å²) in [4.78, 5) is 10.3. The van der Waals surface area contributed by atoms with E-state index in [1.807, 2.05) is 7.05 Å². The van der Waals surface area contributed by atoms with E-state index in [0.717, 1.165) is 31.5 Å². The summed E-state index contributed by atoms with van der Waals surface area (Å²) in [5, 5.41) is 14.0. The van der Waals surface area contributed by atoms with Gasteiger partial charge in [-0.1, -0.05) is 0 Å². The molecular weight excluding hydrogens is 319 g/mol. The first-order valence-corrected chi connectivity index (χ1v) is 6.75. The molecule has 1 aliphatic rings. The summed E-state index contributed by atoms with van der Waals surface area (Å²) in [5.41, 5.74) is -0.217. The topological polar surface area (TPSA) is 64.4 Å². The Morgan fingerprint density at radius 2 is 2.26 bits per heavy atom. The van der Waals surface area contributed by atoms with E-state index in [1.165, 1.54) is 0 Å². The molecule has 0 heterocycles. The molecule has 19 heavy (non-hydrogen) atoms. The van der Waals surface area contributed by atoms with E-state index in [-0.39, 0.29) is 22.0 Å². The molecule has 0 radical (unpaired) electrons. The molecule has 0 saturated heterocycles. The van der Waals surface area contributed by atoms with Crippen LogP contribution in [0.2, 0.25) is 0 Å². The van der Waals surface area contributed by atoms with E-state index in [1.54, 1.807) is 0 Å². The van der Waals surface area contributed by atoms with Crippen LogP contribution < -0.4 is 10.1 Å². The molecule has 5 nitrogen and oxygen atoms in total. The molecule has 0 aromatic heterocycles. The Morgan fingerprint density at radius 3 is 2.84 bits per heavy atom. The van der Waals surface area contributed by atoms with Crippen LogP contribution in [0.25, 0.3) is 0 Å². The van der Waals surface area contributed by atoms with Gasteiger partial charge < -0.3 is 10.1 Å². The Hall–Kier alpha value is -1.21. The van der Waals surface area contributed by atoms with Gasteiger partial charge in [-0.2, -0.15) is 0 Å². The fourth-order valence-corrected chi connectivity index (χ4v) is 2.49. The first-order chi connectivity index (χ1) is 9.01. The summed E-state index contributed by atoms with van der Waals surface area (Å²) in [5.74, 6) is -0.0420. The zero-order valence-corrected chi connectivity index (χ0v) is 11.9. The normalized spacial score (nSPS) is 21.8. The van der Waals surface area contributed by atoms with Crippen molar-refractivity contribution in [2.45, 2.75) is 18.9 Å². The highest BCUT2D eigenvalue weighted by atomic mass is 79.9. The molecule has 0 aliphatic heterocycles. The van der Waals surface area contributed by atoms with Crippen molar-refractivity contribution in [3.8, 4) is 5.75 Å². The zero-order chi connectivity index (χ0) is 14.0. The molecule has 1 saturated carbocycles. The average Bonchev–Trinajstić information content (AvgIpc) is 2.30. The van der Waals surface area contributed by atoms with Crippen molar-refractivity contribution in [2.24, 2.45) is 5.92 Å². The Kier molecular flexibility index (Phi) is 4.36. The first kappa shape index (κ1) is 14.2. The lowest BCUT2D eigenvalue weighted by Crippen LogP contribution is -2.38. The maximum atomic E-state index is 13.4. The molecule has 0 amide bonds. The highest BCUT2D eigenvalue weighted by Crippen LogP contribution is 2.37. The number of nitrogens with zero attached hydrogens (tertiary/aromatic N) is 1. The largest absolute Gasteiger partial charge is 0.483 e. The summed E-state index contributed by atoms with van der Waals surface area (Å²) in [6, 6.07) is 2.20. The van der Waals surface area contributed by atoms with Crippen LogP contribution in [-0.4, -0.2) is 24.6 Å². The molecule has 0 spiro atoms. The number of nitro benzene ring substituents is 1. The molecule has 1 aliphatic carbocycles. The minimum atomic E-state index is -0.566. The summed E-state index contributed by atoms with van der Waals surface area (Å²) < 4.78 is 19.0. The van der Waals surface area contributed by atoms with Gasteiger partial charge in [0.25, 0.3) is 0 Å². The second-order valence-electron chi connectivity index (χ2n) is 4.63. The number of hydrogen-bond acceptors (Lipinski definition) is 4. The number of halogens is 2. The smallest absolute Gasteiger partial charge is 0.312 e. The van der Waals surface area contributed by atoms with Crippen molar-refractivity contribution < 1.29 is 14.1 Å². The highest BCUT2D eigenvalue weighted by Gasteiger charge is 2.32. The number of rotatable bonds is 5. The monoisotopic (exact) mass is 332 g/mol. The predicted octanol–water partition coefficient (Wildman–Crippen LogP) is 2.87. The fourth-order valence-electron chi connectivity index (χ4n) is 2.16. The molecule has 1 fully saturated rings. The summed E-state index contributed by atoms with van der Waals surface area (Å²) in [7, 11) is 1.88. The van der Waals surface area contributed by atoms with Gasteiger partial charge in [0.2, 0.25) is 0 Å². The third kappa shape index (κ3) is 3.22. The number of nitrogens with one attached hydrogen (secondary N) is 1. The summed E-state index contributed by atoms with van der Waals surface area (Å²) >= 11 is 2.93. The average molecular weight is 333 g/mol. The van der Waals surface area contributed by atoms with Gasteiger partial charge in [0, 0.05) is 12.1 Å². The summed E-state index contributed by atoms with van der Waals surface area (Å²) in [6.07, 6.45) is 1.59. The third-order valence-electron chi connectivity index (χ3n) is 3.18. The standard InChI is InChI=1S/C12H14BrFN2O3/c1-15-6-7-2-8(3-7)19-12-5-10(14)9(13)4-11(12)16(17)18/h4-5,7-8,15H,2-3,6H2,1H3. The van der Waals surface area contributed by atoms with Gasteiger partial charge in [0.15, 0.2) is 5.75 Å². The minimum Gasteiger partial charge on any atom is -0.483 e. The molecular formula is C12H14BrFN2O3. The van der Waals surface area contributed by atoms with Gasteiger partial charge in [-0.05, 0) is 48.3 Å². The van der Waals surface area contributed by atoms with Crippen molar-refractivity contribution in [2.75, 3.05) is 13.6 Å². The predicted molar refractivity (Wildman–Crippen MR) is 71.8 cm³/mol. The minimum absolute atomic E-state index is 0.00129. The zero-order valence-electron chi connectivity index (χ0n) is 10.4. The molecule has 0 unspecified atom stereocenters. The first-order valence-electron chi connectivity index (χ1n) is 5.96. The highest BCUT2D eigenvalue weighted by molar-refractivity contribution is 9.10. The fraction of sp³-hybridized carbons (Fsp3) is 0.500. The van der Waals surface area contributed by atoms with Crippen LogP contribution in [-0.2, 0) is 0 Å². The van der Waals surface area contributed by atoms with Crippen molar-refractivity contribution in [3.05, 3.63) is 32.5 Å². The van der Waals surface area contributed by atoms with E-state index in [9.17, 15) is 14.5 Å². The molecule has 7 heteroatoms. The van der Waals surface area contributed by atoms with Crippen LogP contribution in [0.15, 0.2) is 16.6 Å². The molecule has 1 N–H and O–H groups in total. The van der Waals surface area contributed by atoms with Gasteiger partial charge in [-0.25, -0.2) is 4.39 Å². The van der Waals surface area contributed by atoms with Crippen LogP contribution in [0.3, 0.4) is 0 Å². The number of benzene rings is 1. The van der Waals surface area contributed by atoms with Crippen LogP contribution in [0.5, 0.6) is 5.75 Å². The Balaban J connectivity index is 2.08. The molecule has 1 aromatic rings. The van der Waals surface area contributed by atoms with Crippen LogP contribution in [0.1, 0.15) is 12.8 Å². The van der Waals surface area contributed by atoms with E-state index < -0.39 is 10.7 Å². The maximum Gasteiger partial charge on any atom is 0.312 e. The Bertz CT molecular complexity index is 492. The second kappa shape index (κ2) is 5.83. The van der Waals surface area contributed by atoms with Crippen molar-refractivity contribution in [1.29, 1.82) is 0 Å². The number of ether oxygens (including phenoxy) is 1. The van der Waals surface area contributed by atoms with E-state index in [0.29, 0.717) is 5.92 Å². The maximum absolute atomic E-state index is 13.4. The summed E-state index contributed by atoms with van der Waals surface area (Å²) in [6.45, 7) is 0.899. The third-order valence-corrected chi connectivity index (χ3v) is 3.79. The van der Waals surface area contributed by atoms with E-state index in [4.69, 9.17) is 4.74 Å². The Morgan fingerprint density at radius 1 is 1.58 bits per heavy atom. The molecule has 1 aromatic carbocycles. The van der Waals surface area contributed by atoms with E-state index in [2.05, 4.69) is 21.2 Å². The van der Waals surface area contributed by atoms with Crippen molar-refractivity contribution in [1.82, 2.24) is 5.32 Å². The second-order valence-corrected chi connectivity index (χ2v) is 5.48. The lowest BCUT2D eigenvalue weighted by molar-refractivity contribution is -0.386. The van der Waals surface area contributed by atoms with E-state index >= 15 is 0 Å². The quantitative estimate of drug-likeness (QED) is 0.665. The SMILES string of the molecule is CNCC1CC(Oc2cc(F)c(Br)cc2[N+](=O)[O-])C1. The number of nitro groups is 1. The molecule has 2 rings (SSSR count). The van der Waals surface area contributed by atoms with Gasteiger partial charge >= 0.3 is 5.69 Å². The van der Waals surface area contributed by atoms with Gasteiger partial charge in [-0.15, -0.1) is 0 Å². The lowest BCUT2D eigenvalue weighted by Gasteiger charge is -2.35. The lowest BCUT2D eigenvalue weighted by atomic mass is 9.82. The Labute approximate surface area is 118 Å².